The van der Waals surface area contributed by atoms with Crippen LogP contribution in [0.1, 0.15) is 37.3 Å². The lowest BCUT2D eigenvalue weighted by Crippen LogP contribution is -2.20. The minimum absolute atomic E-state index is 0.540. The van der Waals surface area contributed by atoms with Gasteiger partial charge in [0.2, 0.25) is 0 Å². The van der Waals surface area contributed by atoms with Gasteiger partial charge in [0, 0.05) is 13.1 Å². The van der Waals surface area contributed by atoms with Crippen LogP contribution in [0.15, 0.2) is 54.6 Å². The van der Waals surface area contributed by atoms with E-state index in [2.05, 4.69) is 61.6 Å². The van der Waals surface area contributed by atoms with Gasteiger partial charge in [-0.25, -0.2) is 0 Å². The molecule has 0 saturated carbocycles. The van der Waals surface area contributed by atoms with E-state index in [4.69, 9.17) is 4.74 Å². The van der Waals surface area contributed by atoms with E-state index in [1.165, 1.54) is 11.1 Å². The summed E-state index contributed by atoms with van der Waals surface area (Å²) in [7, 11) is 0. The second-order valence-corrected chi connectivity index (χ2v) is 5.36. The van der Waals surface area contributed by atoms with Gasteiger partial charge in [0.1, 0.15) is 12.4 Å². The smallest absolute Gasteiger partial charge is 0.122 e. The summed E-state index contributed by atoms with van der Waals surface area (Å²) in [6.07, 6.45) is 1.13. The van der Waals surface area contributed by atoms with Crippen LogP contribution >= 0.6 is 0 Å². The van der Waals surface area contributed by atoms with E-state index in [1.54, 1.807) is 0 Å². The Bertz CT molecular complexity index is 524. The Kier molecular flexibility index (Phi) is 6.29. The molecule has 0 amide bonds. The van der Waals surface area contributed by atoms with Crippen molar-refractivity contribution >= 4 is 0 Å². The third-order valence-corrected chi connectivity index (χ3v) is 3.77. The van der Waals surface area contributed by atoms with Crippen LogP contribution in [0, 0.1) is 0 Å². The molecule has 1 unspecified atom stereocenters. The first-order valence-corrected chi connectivity index (χ1v) is 7.77. The number of hydrogen-bond donors (Lipinski definition) is 1. The molecule has 2 rings (SSSR count). The zero-order chi connectivity index (χ0) is 14.9. The van der Waals surface area contributed by atoms with Crippen molar-refractivity contribution in [3.63, 3.8) is 0 Å². The van der Waals surface area contributed by atoms with Gasteiger partial charge in [-0.3, -0.25) is 0 Å². The first-order chi connectivity index (χ1) is 10.3. The minimum Gasteiger partial charge on any atom is -0.492 e. The maximum Gasteiger partial charge on any atom is 0.122 e. The van der Waals surface area contributed by atoms with E-state index in [0.717, 1.165) is 25.3 Å². The van der Waals surface area contributed by atoms with Crippen LogP contribution in [0.4, 0.5) is 0 Å². The first kappa shape index (κ1) is 15.6. The largest absolute Gasteiger partial charge is 0.492 e. The maximum absolute atomic E-state index is 5.94. The summed E-state index contributed by atoms with van der Waals surface area (Å²) in [5, 5.41) is 3.41. The van der Waals surface area contributed by atoms with Crippen LogP contribution in [0.3, 0.4) is 0 Å². The molecule has 0 bridgehead atoms. The monoisotopic (exact) mass is 283 g/mol. The molecule has 112 valence electrons. The highest BCUT2D eigenvalue weighted by molar-refractivity contribution is 5.35. The number of hydrogen-bond acceptors (Lipinski definition) is 2. The lowest BCUT2D eigenvalue weighted by Gasteiger charge is -2.15. The molecule has 2 heteroatoms. The van der Waals surface area contributed by atoms with Crippen LogP contribution in [0.2, 0.25) is 0 Å². The van der Waals surface area contributed by atoms with E-state index in [9.17, 15) is 0 Å². The second-order valence-electron chi connectivity index (χ2n) is 5.36. The molecule has 21 heavy (non-hydrogen) atoms. The van der Waals surface area contributed by atoms with Gasteiger partial charge in [-0.15, -0.1) is 0 Å². The average molecular weight is 283 g/mol. The van der Waals surface area contributed by atoms with Crippen LogP contribution in [-0.4, -0.2) is 13.2 Å². The van der Waals surface area contributed by atoms with Crippen LogP contribution in [-0.2, 0) is 6.54 Å². The number of benzene rings is 2. The highest BCUT2D eigenvalue weighted by atomic mass is 16.5. The lowest BCUT2D eigenvalue weighted by atomic mass is 9.98. The van der Waals surface area contributed by atoms with Crippen molar-refractivity contribution in [1.29, 1.82) is 0 Å². The van der Waals surface area contributed by atoms with Crippen LogP contribution < -0.4 is 10.1 Å². The summed E-state index contributed by atoms with van der Waals surface area (Å²) in [5.74, 6) is 1.56. The molecule has 0 fully saturated rings. The van der Waals surface area contributed by atoms with Crippen LogP contribution in [0.25, 0.3) is 0 Å². The molecule has 2 aromatic rings. The first-order valence-electron chi connectivity index (χ1n) is 7.77. The number of nitrogens with one attached hydrogen (secondary N) is 1. The summed E-state index contributed by atoms with van der Waals surface area (Å²) >= 11 is 0. The molecule has 0 aliphatic carbocycles. The molecule has 0 aliphatic heterocycles. The van der Waals surface area contributed by atoms with Gasteiger partial charge in [-0.2, -0.15) is 0 Å². The fraction of sp³-hybridized carbons (Fsp3) is 0.368. The number of ether oxygens (including phenoxy) is 1. The Labute approximate surface area is 128 Å². The van der Waals surface area contributed by atoms with E-state index < -0.39 is 0 Å². The van der Waals surface area contributed by atoms with Gasteiger partial charge in [0.05, 0.1) is 0 Å². The molecule has 1 atom stereocenters. The molecule has 0 aliphatic rings. The Balaban J connectivity index is 1.76. The fourth-order valence-electron chi connectivity index (χ4n) is 2.30. The zero-order valence-corrected chi connectivity index (χ0v) is 13.0. The van der Waals surface area contributed by atoms with Crippen molar-refractivity contribution in [2.45, 2.75) is 32.7 Å². The summed E-state index contributed by atoms with van der Waals surface area (Å²) in [6, 6.07) is 18.8. The van der Waals surface area contributed by atoms with Crippen molar-refractivity contribution in [3.8, 4) is 5.75 Å². The van der Waals surface area contributed by atoms with E-state index in [1.807, 2.05) is 12.1 Å². The number of para-hydroxylation sites is 1. The van der Waals surface area contributed by atoms with Crippen molar-refractivity contribution in [2.75, 3.05) is 13.2 Å². The molecule has 2 nitrogen and oxygen atoms in total. The predicted molar refractivity (Wildman–Crippen MR) is 88.8 cm³/mol. The van der Waals surface area contributed by atoms with Crippen molar-refractivity contribution in [3.05, 3.63) is 65.7 Å². The quantitative estimate of drug-likeness (QED) is 0.726. The molecule has 0 saturated heterocycles. The zero-order valence-electron chi connectivity index (χ0n) is 13.0. The third kappa shape index (κ3) is 4.91. The standard InChI is InChI=1S/C19H25NO/c1-3-16(2)18-11-7-8-12-19(18)21-14-13-20-15-17-9-5-4-6-10-17/h4-12,16,20H,3,13-15H2,1-2H3. The van der Waals surface area contributed by atoms with Crippen LogP contribution in [0.5, 0.6) is 5.75 Å². The van der Waals surface area contributed by atoms with Crippen molar-refractivity contribution in [1.82, 2.24) is 5.32 Å². The Morgan fingerprint density at radius 2 is 1.71 bits per heavy atom. The summed E-state index contributed by atoms with van der Waals surface area (Å²) in [4.78, 5) is 0. The minimum atomic E-state index is 0.540. The highest BCUT2D eigenvalue weighted by Crippen LogP contribution is 2.28. The maximum atomic E-state index is 5.94. The second kappa shape index (κ2) is 8.48. The molecule has 2 aromatic carbocycles. The molecular formula is C19H25NO. The van der Waals surface area contributed by atoms with Gasteiger partial charge in [-0.1, -0.05) is 62.4 Å². The number of rotatable bonds is 8. The molecule has 0 radical (unpaired) electrons. The Hall–Kier alpha value is -1.80. The normalized spacial score (nSPS) is 12.1. The third-order valence-electron chi connectivity index (χ3n) is 3.77. The highest BCUT2D eigenvalue weighted by Gasteiger charge is 2.08. The predicted octanol–water partition coefficient (Wildman–Crippen LogP) is 4.37. The van der Waals surface area contributed by atoms with Gasteiger partial charge in [0.15, 0.2) is 0 Å². The molecule has 0 heterocycles. The molecule has 1 N–H and O–H groups in total. The van der Waals surface area contributed by atoms with Gasteiger partial charge in [-0.05, 0) is 29.5 Å². The molecule has 0 spiro atoms. The van der Waals surface area contributed by atoms with Gasteiger partial charge >= 0.3 is 0 Å². The SMILES string of the molecule is CCC(C)c1ccccc1OCCNCc1ccccc1. The summed E-state index contributed by atoms with van der Waals surface area (Å²) < 4.78 is 5.94. The van der Waals surface area contributed by atoms with E-state index >= 15 is 0 Å². The molecule has 0 aromatic heterocycles. The Morgan fingerprint density at radius 3 is 2.48 bits per heavy atom. The van der Waals surface area contributed by atoms with Crippen molar-refractivity contribution in [2.24, 2.45) is 0 Å². The summed E-state index contributed by atoms with van der Waals surface area (Å²) in [5.41, 5.74) is 2.61. The molecular weight excluding hydrogens is 258 g/mol. The van der Waals surface area contributed by atoms with Gasteiger partial charge in [0.25, 0.3) is 0 Å². The van der Waals surface area contributed by atoms with Crippen molar-refractivity contribution < 1.29 is 4.74 Å². The van der Waals surface area contributed by atoms with Gasteiger partial charge < -0.3 is 10.1 Å². The Morgan fingerprint density at radius 1 is 1.00 bits per heavy atom. The fourth-order valence-corrected chi connectivity index (χ4v) is 2.30. The summed E-state index contributed by atoms with van der Waals surface area (Å²) in [6.45, 7) is 6.89. The topological polar surface area (TPSA) is 21.3 Å². The van der Waals surface area contributed by atoms with E-state index in [-0.39, 0.29) is 0 Å². The average Bonchev–Trinajstić information content (AvgIpc) is 2.55. The lowest BCUT2D eigenvalue weighted by molar-refractivity contribution is 0.309. The van der Waals surface area contributed by atoms with E-state index in [0.29, 0.717) is 12.5 Å².